The Kier molecular flexibility index (Phi) is 18.8. The van der Waals surface area contributed by atoms with Crippen LogP contribution >= 0.6 is 0 Å². The number of benzene rings is 1. The van der Waals surface area contributed by atoms with Gasteiger partial charge < -0.3 is 20.9 Å². The second-order valence-electron chi connectivity index (χ2n) is 9.57. The highest BCUT2D eigenvalue weighted by Crippen LogP contribution is 2.14. The molecule has 0 aromatic heterocycles. The molecule has 1 rings (SSSR count). The van der Waals surface area contributed by atoms with E-state index >= 15 is 0 Å². The van der Waals surface area contributed by atoms with E-state index in [1.807, 2.05) is 0 Å². The Morgan fingerprint density at radius 1 is 0.583 bits per heavy atom. The molecule has 0 radical (unpaired) electrons. The van der Waals surface area contributed by atoms with Crippen molar-refractivity contribution in [1.82, 2.24) is 0 Å². The molecule has 0 aliphatic rings. The zero-order chi connectivity index (χ0) is 26.4. The van der Waals surface area contributed by atoms with Crippen LogP contribution in [0.1, 0.15) is 123 Å². The van der Waals surface area contributed by atoms with Crippen LogP contribution in [0.25, 0.3) is 0 Å². The first kappa shape index (κ1) is 32.0. The van der Waals surface area contributed by atoms with Gasteiger partial charge in [-0.3, -0.25) is 11.5 Å². The number of nitrogens with two attached hydrogens (primary N) is 4. The zero-order valence-corrected chi connectivity index (χ0v) is 22.1. The van der Waals surface area contributed by atoms with E-state index < -0.39 is 24.4 Å². The standard InChI is InChI=1S/C28H50N4O4/c29-20-13-9-5-1-3-7-11-18-25(31)35-27(33)23-16-15-17-24(22-23)28(34)36-26(32)19-12-8-4-2-6-10-14-21-30/h15-17,22,25-26H,1-14,18-21,29-32H2. The first-order valence-corrected chi connectivity index (χ1v) is 13.9. The first-order valence-electron chi connectivity index (χ1n) is 13.9. The Hall–Kier alpha value is -2.00. The lowest BCUT2D eigenvalue weighted by atomic mass is 10.1. The summed E-state index contributed by atoms with van der Waals surface area (Å²) in [4.78, 5) is 25.0. The topological polar surface area (TPSA) is 157 Å². The van der Waals surface area contributed by atoms with Gasteiger partial charge in [0.25, 0.3) is 0 Å². The quantitative estimate of drug-likeness (QED) is 0.0998. The number of esters is 2. The minimum atomic E-state index is -0.667. The van der Waals surface area contributed by atoms with Gasteiger partial charge >= 0.3 is 11.9 Å². The zero-order valence-electron chi connectivity index (χ0n) is 22.1. The Balaban J connectivity index is 2.29. The third-order valence-electron chi connectivity index (χ3n) is 6.24. The van der Waals surface area contributed by atoms with E-state index in [1.165, 1.54) is 44.6 Å². The summed E-state index contributed by atoms with van der Waals surface area (Å²) in [5, 5.41) is 0. The minimum Gasteiger partial charge on any atom is -0.443 e. The van der Waals surface area contributed by atoms with Crippen LogP contribution in [0, 0.1) is 0 Å². The van der Waals surface area contributed by atoms with E-state index in [4.69, 9.17) is 32.4 Å². The molecule has 0 saturated heterocycles. The summed E-state index contributed by atoms with van der Waals surface area (Å²) in [6.07, 6.45) is 15.4. The molecule has 1 aromatic rings. The molecule has 8 nitrogen and oxygen atoms in total. The molecule has 0 amide bonds. The average molecular weight is 507 g/mol. The predicted octanol–water partition coefficient (Wildman–Crippen LogP) is 4.73. The molecule has 36 heavy (non-hydrogen) atoms. The monoisotopic (exact) mass is 506 g/mol. The molecule has 1 aromatic carbocycles. The lowest BCUT2D eigenvalue weighted by Gasteiger charge is -2.15. The maximum absolute atomic E-state index is 12.5. The Morgan fingerprint density at radius 2 is 0.917 bits per heavy atom. The van der Waals surface area contributed by atoms with Crippen molar-refractivity contribution in [2.75, 3.05) is 13.1 Å². The highest BCUT2D eigenvalue weighted by Gasteiger charge is 2.17. The van der Waals surface area contributed by atoms with E-state index in [2.05, 4.69) is 0 Å². The molecule has 8 heteroatoms. The van der Waals surface area contributed by atoms with Crippen molar-refractivity contribution in [3.05, 3.63) is 35.4 Å². The largest absolute Gasteiger partial charge is 0.443 e. The van der Waals surface area contributed by atoms with Gasteiger partial charge in [0.05, 0.1) is 11.1 Å². The van der Waals surface area contributed by atoms with Crippen LogP contribution in [0.5, 0.6) is 0 Å². The smallest absolute Gasteiger partial charge is 0.339 e. The molecule has 0 aliphatic heterocycles. The highest BCUT2D eigenvalue weighted by atomic mass is 16.6. The number of unbranched alkanes of at least 4 members (excludes halogenated alkanes) is 12. The number of carbonyl (C=O) groups is 2. The van der Waals surface area contributed by atoms with Crippen molar-refractivity contribution >= 4 is 11.9 Å². The Labute approximate surface area is 217 Å². The molecule has 0 bridgehead atoms. The van der Waals surface area contributed by atoms with E-state index in [9.17, 15) is 9.59 Å². The van der Waals surface area contributed by atoms with Crippen LogP contribution in [-0.2, 0) is 9.47 Å². The second-order valence-corrected chi connectivity index (χ2v) is 9.57. The number of hydrogen-bond acceptors (Lipinski definition) is 8. The average Bonchev–Trinajstić information content (AvgIpc) is 2.87. The van der Waals surface area contributed by atoms with Gasteiger partial charge in [-0.05, 0) is 69.8 Å². The van der Waals surface area contributed by atoms with Gasteiger partial charge in [0, 0.05) is 0 Å². The van der Waals surface area contributed by atoms with E-state index in [0.29, 0.717) is 12.8 Å². The van der Waals surface area contributed by atoms with Gasteiger partial charge in [0.15, 0.2) is 12.5 Å². The summed E-state index contributed by atoms with van der Waals surface area (Å²) in [5.41, 5.74) is 23.5. The molecule has 0 heterocycles. The van der Waals surface area contributed by atoms with E-state index in [-0.39, 0.29) is 11.1 Å². The van der Waals surface area contributed by atoms with Crippen molar-refractivity contribution < 1.29 is 19.1 Å². The van der Waals surface area contributed by atoms with Gasteiger partial charge in [-0.2, -0.15) is 0 Å². The van der Waals surface area contributed by atoms with E-state index in [1.54, 1.807) is 18.2 Å². The van der Waals surface area contributed by atoms with Crippen LogP contribution in [0.15, 0.2) is 24.3 Å². The maximum atomic E-state index is 12.5. The fourth-order valence-corrected chi connectivity index (χ4v) is 4.05. The summed E-state index contributed by atoms with van der Waals surface area (Å²) in [6.45, 7) is 1.52. The lowest BCUT2D eigenvalue weighted by molar-refractivity contribution is 0.0291. The van der Waals surface area contributed by atoms with Crippen LogP contribution in [0.4, 0.5) is 0 Å². The summed E-state index contributed by atoms with van der Waals surface area (Å²) >= 11 is 0. The third kappa shape index (κ3) is 15.9. The maximum Gasteiger partial charge on any atom is 0.339 e. The summed E-state index contributed by atoms with van der Waals surface area (Å²) in [7, 11) is 0. The van der Waals surface area contributed by atoms with Crippen molar-refractivity contribution in [3.8, 4) is 0 Å². The molecule has 0 aliphatic carbocycles. The van der Waals surface area contributed by atoms with Crippen molar-refractivity contribution in [1.29, 1.82) is 0 Å². The molecule has 2 unspecified atom stereocenters. The van der Waals surface area contributed by atoms with Crippen molar-refractivity contribution in [3.63, 3.8) is 0 Å². The SMILES string of the molecule is NCCCCCCCCCC(N)OC(=O)c1cccc(C(=O)OC(N)CCCCCCCCCN)c1. The molecule has 0 fully saturated rings. The summed E-state index contributed by atoms with van der Waals surface area (Å²) < 4.78 is 10.7. The van der Waals surface area contributed by atoms with E-state index in [0.717, 1.165) is 64.5 Å². The Morgan fingerprint density at radius 3 is 1.28 bits per heavy atom. The summed E-state index contributed by atoms with van der Waals surface area (Å²) in [6, 6.07) is 6.29. The third-order valence-corrected chi connectivity index (χ3v) is 6.24. The highest BCUT2D eigenvalue weighted by molar-refractivity contribution is 5.95. The van der Waals surface area contributed by atoms with Crippen LogP contribution < -0.4 is 22.9 Å². The van der Waals surface area contributed by atoms with Crippen molar-refractivity contribution in [2.24, 2.45) is 22.9 Å². The fraction of sp³-hybridized carbons (Fsp3) is 0.714. The number of ether oxygens (including phenoxy) is 2. The van der Waals surface area contributed by atoms with Crippen molar-refractivity contribution in [2.45, 2.75) is 115 Å². The minimum absolute atomic E-state index is 0.267. The Bertz CT molecular complexity index is 661. The van der Waals surface area contributed by atoms with Gasteiger partial charge in [-0.15, -0.1) is 0 Å². The molecular formula is C28H50N4O4. The first-order chi connectivity index (χ1) is 17.5. The predicted molar refractivity (Wildman–Crippen MR) is 145 cm³/mol. The van der Waals surface area contributed by atoms with Crippen LogP contribution in [-0.4, -0.2) is 37.5 Å². The molecule has 0 saturated carbocycles. The van der Waals surface area contributed by atoms with Crippen LogP contribution in [0.3, 0.4) is 0 Å². The van der Waals surface area contributed by atoms with Gasteiger partial charge in [0.2, 0.25) is 0 Å². The van der Waals surface area contributed by atoms with Crippen LogP contribution in [0.2, 0.25) is 0 Å². The second kappa shape index (κ2) is 21.1. The van der Waals surface area contributed by atoms with Gasteiger partial charge in [0.1, 0.15) is 0 Å². The molecule has 0 spiro atoms. The lowest BCUT2D eigenvalue weighted by Crippen LogP contribution is -2.28. The molecular weight excluding hydrogens is 456 g/mol. The normalized spacial score (nSPS) is 12.8. The molecule has 8 N–H and O–H groups in total. The fourth-order valence-electron chi connectivity index (χ4n) is 4.05. The van der Waals surface area contributed by atoms with Gasteiger partial charge in [-0.1, -0.05) is 70.3 Å². The van der Waals surface area contributed by atoms with Gasteiger partial charge in [-0.25, -0.2) is 9.59 Å². The summed E-state index contributed by atoms with van der Waals surface area (Å²) in [5.74, 6) is -1.09. The molecule has 2 atom stereocenters. The molecule has 206 valence electrons. The number of rotatable bonds is 22. The number of carbonyl (C=O) groups excluding carboxylic acids is 2. The number of hydrogen-bond donors (Lipinski definition) is 4.